The van der Waals surface area contributed by atoms with Crippen LogP contribution in [0.1, 0.15) is 15.4 Å². The van der Waals surface area contributed by atoms with Crippen LogP contribution in [0.25, 0.3) is 0 Å². The number of carbonyl (C=O) groups excluding carboxylic acids is 1. The maximum absolute atomic E-state index is 11.7. The van der Waals surface area contributed by atoms with E-state index in [9.17, 15) is 9.59 Å². The van der Waals surface area contributed by atoms with Gasteiger partial charge in [0.25, 0.3) is 0 Å². The summed E-state index contributed by atoms with van der Waals surface area (Å²) in [7, 11) is 0. The number of hydrogen-bond acceptors (Lipinski definition) is 4. The van der Waals surface area contributed by atoms with Crippen molar-refractivity contribution in [1.29, 1.82) is 0 Å². The lowest BCUT2D eigenvalue weighted by molar-refractivity contribution is -0.115. The molecule has 5 nitrogen and oxygen atoms in total. The van der Waals surface area contributed by atoms with Crippen LogP contribution in [-0.2, 0) is 11.2 Å². The molecule has 0 radical (unpaired) electrons. The zero-order chi connectivity index (χ0) is 13.0. The molecule has 6 heteroatoms. The Bertz CT molecular complexity index is 566. The van der Waals surface area contributed by atoms with E-state index >= 15 is 0 Å². The van der Waals surface area contributed by atoms with Gasteiger partial charge in [0.15, 0.2) is 0 Å². The van der Waals surface area contributed by atoms with Crippen LogP contribution >= 0.6 is 11.3 Å². The molecular weight excluding hydrogens is 252 g/mol. The number of aromatic carboxylic acids is 1. The topological polar surface area (TPSA) is 79.3 Å². The van der Waals surface area contributed by atoms with Crippen LogP contribution in [0, 0.1) is 0 Å². The molecule has 0 aromatic carbocycles. The number of thiophene rings is 1. The van der Waals surface area contributed by atoms with E-state index in [1.165, 1.54) is 6.07 Å². The highest BCUT2D eigenvalue weighted by atomic mass is 32.1. The summed E-state index contributed by atoms with van der Waals surface area (Å²) >= 11 is 1.03. The first-order chi connectivity index (χ1) is 8.65. The van der Waals surface area contributed by atoms with Crippen LogP contribution in [-0.4, -0.2) is 22.0 Å². The molecule has 2 aromatic rings. The third kappa shape index (κ3) is 3.14. The highest BCUT2D eigenvalue weighted by molar-refractivity contribution is 7.18. The lowest BCUT2D eigenvalue weighted by Gasteiger charge is -2.01. The molecule has 0 aliphatic heterocycles. The number of rotatable bonds is 4. The highest BCUT2D eigenvalue weighted by Crippen LogP contribution is 2.21. The molecule has 18 heavy (non-hydrogen) atoms. The zero-order valence-corrected chi connectivity index (χ0v) is 10.1. The van der Waals surface area contributed by atoms with Gasteiger partial charge in [0.05, 0.1) is 11.4 Å². The van der Waals surface area contributed by atoms with E-state index in [1.54, 1.807) is 24.4 Å². The lowest BCUT2D eigenvalue weighted by Crippen LogP contribution is -2.14. The molecule has 2 aromatic heterocycles. The van der Waals surface area contributed by atoms with Gasteiger partial charge in [-0.25, -0.2) is 4.79 Å². The Hall–Kier alpha value is -2.21. The van der Waals surface area contributed by atoms with Gasteiger partial charge in [-0.2, -0.15) is 0 Å². The van der Waals surface area contributed by atoms with E-state index in [-0.39, 0.29) is 17.2 Å². The Morgan fingerprint density at radius 1 is 1.28 bits per heavy atom. The number of hydrogen-bond donors (Lipinski definition) is 2. The fraction of sp³-hybridized carbons (Fsp3) is 0.0833. The maximum Gasteiger partial charge on any atom is 0.345 e. The third-order valence-corrected chi connectivity index (χ3v) is 3.14. The van der Waals surface area contributed by atoms with Gasteiger partial charge in [0.2, 0.25) is 5.91 Å². The molecule has 0 aliphatic rings. The highest BCUT2D eigenvalue weighted by Gasteiger charge is 2.09. The standard InChI is InChI=1S/C12H10N2O3S/c15-10(7-8-3-1-2-6-13-8)14-11-5-4-9(18-11)12(16)17/h1-6H,7H2,(H,14,15)(H,16,17). The van der Waals surface area contributed by atoms with E-state index < -0.39 is 5.97 Å². The smallest absolute Gasteiger partial charge is 0.345 e. The Labute approximate surface area is 107 Å². The van der Waals surface area contributed by atoms with Crippen LogP contribution < -0.4 is 5.32 Å². The molecule has 0 fully saturated rings. The molecule has 0 unspecified atom stereocenters. The van der Waals surface area contributed by atoms with E-state index in [0.717, 1.165) is 11.3 Å². The summed E-state index contributed by atoms with van der Waals surface area (Å²) < 4.78 is 0. The van der Waals surface area contributed by atoms with Crippen molar-refractivity contribution >= 4 is 28.2 Å². The Balaban J connectivity index is 1.97. The molecule has 2 heterocycles. The SMILES string of the molecule is O=C(Cc1ccccn1)Nc1ccc(C(=O)O)s1. The summed E-state index contributed by atoms with van der Waals surface area (Å²) in [6.07, 6.45) is 1.79. The minimum absolute atomic E-state index is 0.168. The first kappa shape index (κ1) is 12.3. The summed E-state index contributed by atoms with van der Waals surface area (Å²) in [5.41, 5.74) is 0.671. The van der Waals surface area contributed by atoms with Crippen LogP contribution in [0.2, 0.25) is 0 Å². The fourth-order valence-corrected chi connectivity index (χ4v) is 2.13. The van der Waals surface area contributed by atoms with E-state index in [1.807, 2.05) is 6.07 Å². The summed E-state index contributed by atoms with van der Waals surface area (Å²) in [4.78, 5) is 26.6. The van der Waals surface area contributed by atoms with Crippen LogP contribution in [0.15, 0.2) is 36.5 Å². The second-order valence-corrected chi connectivity index (χ2v) is 4.60. The predicted molar refractivity (Wildman–Crippen MR) is 67.8 cm³/mol. The molecule has 0 saturated carbocycles. The Morgan fingerprint density at radius 3 is 2.72 bits per heavy atom. The monoisotopic (exact) mass is 262 g/mol. The van der Waals surface area contributed by atoms with Crippen molar-refractivity contribution in [2.45, 2.75) is 6.42 Å². The maximum atomic E-state index is 11.7. The average Bonchev–Trinajstić information content (AvgIpc) is 2.78. The molecule has 2 rings (SSSR count). The van der Waals surface area contributed by atoms with Crippen molar-refractivity contribution in [3.8, 4) is 0 Å². The number of carbonyl (C=O) groups is 2. The van der Waals surface area contributed by atoms with Gasteiger partial charge in [-0.05, 0) is 24.3 Å². The van der Waals surface area contributed by atoms with Crippen molar-refractivity contribution in [3.05, 3.63) is 47.1 Å². The van der Waals surface area contributed by atoms with Gasteiger partial charge in [-0.3, -0.25) is 9.78 Å². The quantitative estimate of drug-likeness (QED) is 0.883. The summed E-state index contributed by atoms with van der Waals surface area (Å²) in [6.45, 7) is 0. The molecule has 0 atom stereocenters. The van der Waals surface area contributed by atoms with E-state index in [4.69, 9.17) is 5.11 Å². The second-order valence-electron chi connectivity index (χ2n) is 3.52. The van der Waals surface area contributed by atoms with Gasteiger partial charge < -0.3 is 10.4 Å². The van der Waals surface area contributed by atoms with Gasteiger partial charge in [-0.15, -0.1) is 11.3 Å². The molecular formula is C12H10N2O3S. The normalized spacial score (nSPS) is 10.0. The van der Waals surface area contributed by atoms with Crippen LogP contribution in [0.4, 0.5) is 5.00 Å². The number of pyridine rings is 1. The number of nitrogens with zero attached hydrogens (tertiary/aromatic N) is 1. The zero-order valence-electron chi connectivity index (χ0n) is 9.29. The number of nitrogens with one attached hydrogen (secondary N) is 1. The molecule has 2 N–H and O–H groups in total. The van der Waals surface area contributed by atoms with Gasteiger partial charge >= 0.3 is 5.97 Å². The molecule has 0 aliphatic carbocycles. The molecule has 0 spiro atoms. The van der Waals surface area contributed by atoms with Gasteiger partial charge in [-0.1, -0.05) is 6.07 Å². The first-order valence-electron chi connectivity index (χ1n) is 5.18. The number of aromatic nitrogens is 1. The van der Waals surface area contributed by atoms with Crippen molar-refractivity contribution in [2.24, 2.45) is 0 Å². The van der Waals surface area contributed by atoms with Crippen LogP contribution in [0.3, 0.4) is 0 Å². The largest absolute Gasteiger partial charge is 0.477 e. The van der Waals surface area contributed by atoms with Crippen LogP contribution in [0.5, 0.6) is 0 Å². The molecule has 0 saturated heterocycles. The van der Waals surface area contributed by atoms with E-state index in [0.29, 0.717) is 10.7 Å². The van der Waals surface area contributed by atoms with Crippen molar-refractivity contribution in [3.63, 3.8) is 0 Å². The predicted octanol–water partition coefficient (Wildman–Crippen LogP) is 2.02. The third-order valence-electron chi connectivity index (χ3n) is 2.15. The summed E-state index contributed by atoms with van der Waals surface area (Å²) in [6, 6.07) is 8.38. The fourth-order valence-electron chi connectivity index (χ4n) is 1.37. The second kappa shape index (κ2) is 5.42. The number of carboxylic acids is 1. The minimum atomic E-state index is -0.995. The van der Waals surface area contributed by atoms with Crippen molar-refractivity contribution in [1.82, 2.24) is 4.98 Å². The minimum Gasteiger partial charge on any atom is -0.477 e. The van der Waals surface area contributed by atoms with Gasteiger partial charge in [0.1, 0.15) is 4.88 Å². The van der Waals surface area contributed by atoms with Crippen molar-refractivity contribution < 1.29 is 14.7 Å². The molecule has 92 valence electrons. The van der Waals surface area contributed by atoms with E-state index in [2.05, 4.69) is 10.3 Å². The van der Waals surface area contributed by atoms with Crippen molar-refractivity contribution in [2.75, 3.05) is 5.32 Å². The Kier molecular flexibility index (Phi) is 3.69. The molecule has 0 bridgehead atoms. The number of carboxylic acid groups (broad SMARTS) is 1. The number of amides is 1. The summed E-state index contributed by atoms with van der Waals surface area (Å²) in [5.74, 6) is -1.21. The number of anilines is 1. The van der Waals surface area contributed by atoms with Gasteiger partial charge in [0, 0.05) is 11.9 Å². The molecule has 1 amide bonds. The first-order valence-corrected chi connectivity index (χ1v) is 5.99. The summed E-state index contributed by atoms with van der Waals surface area (Å²) in [5, 5.41) is 11.9. The Morgan fingerprint density at radius 2 is 2.11 bits per heavy atom. The average molecular weight is 262 g/mol. The lowest BCUT2D eigenvalue weighted by atomic mass is 10.2.